The molecule has 2 aliphatic rings. The summed E-state index contributed by atoms with van der Waals surface area (Å²) in [6.07, 6.45) is 7.44. The topological polar surface area (TPSA) is 60.0 Å². The van der Waals surface area contributed by atoms with Crippen LogP contribution in [0.5, 0.6) is 0 Å². The molecule has 0 amide bonds. The lowest BCUT2D eigenvalue weighted by molar-refractivity contribution is 0.314. The fourth-order valence-electron chi connectivity index (χ4n) is 2.93. The van der Waals surface area contributed by atoms with Crippen molar-refractivity contribution in [1.29, 1.82) is 0 Å². The van der Waals surface area contributed by atoms with Crippen LogP contribution in [0.1, 0.15) is 31.1 Å². The average Bonchev–Trinajstić information content (AvgIpc) is 2.85. The first-order valence-corrected chi connectivity index (χ1v) is 7.32. The van der Waals surface area contributed by atoms with Crippen LogP contribution < -0.4 is 0 Å². The third kappa shape index (κ3) is 2.24. The average molecular weight is 273 g/mol. The predicted octanol–water partition coefficient (Wildman–Crippen LogP) is 1.67. The molecule has 2 aromatic heterocycles. The summed E-state index contributed by atoms with van der Waals surface area (Å²) in [5.74, 6) is 2.69. The molecule has 0 N–H and O–H groups in total. The van der Waals surface area contributed by atoms with Crippen molar-refractivity contribution in [2.45, 2.75) is 25.2 Å². The Balaban J connectivity index is 1.47. The van der Waals surface area contributed by atoms with Crippen molar-refractivity contribution < 1.29 is 4.42 Å². The molecule has 0 bridgehead atoms. The molecule has 0 unspecified atom stereocenters. The van der Waals surface area contributed by atoms with Crippen LogP contribution in [0.4, 0.5) is 0 Å². The third-order valence-corrected chi connectivity index (χ3v) is 4.31. The smallest absolute Gasteiger partial charge is 0.265 e. The number of rotatable bonds is 4. The number of hydrogen-bond donors (Lipinski definition) is 0. The minimum atomic E-state index is 0.392. The van der Waals surface area contributed by atoms with E-state index in [-0.39, 0.29) is 0 Å². The molecule has 3 heterocycles. The summed E-state index contributed by atoms with van der Waals surface area (Å²) >= 11 is 0. The molecule has 0 aromatic carbocycles. The Morgan fingerprint density at radius 1 is 1.30 bits per heavy atom. The Bertz CT molecular complexity index is 600. The molecule has 1 saturated heterocycles. The fraction of sp³-hybridized carbons (Fsp3) is 0.643. The van der Waals surface area contributed by atoms with Crippen LogP contribution in [-0.2, 0) is 7.05 Å². The molecule has 6 heteroatoms. The monoisotopic (exact) mass is 273 g/mol. The van der Waals surface area contributed by atoms with Gasteiger partial charge in [0.2, 0.25) is 5.89 Å². The molecule has 20 heavy (non-hydrogen) atoms. The molecule has 6 nitrogen and oxygen atoms in total. The summed E-state index contributed by atoms with van der Waals surface area (Å²) in [5.41, 5.74) is 0.872. The molecule has 1 aliphatic carbocycles. The van der Waals surface area contributed by atoms with Gasteiger partial charge in [0, 0.05) is 20.1 Å². The van der Waals surface area contributed by atoms with Crippen molar-refractivity contribution >= 4 is 0 Å². The summed E-state index contributed by atoms with van der Waals surface area (Å²) in [7, 11) is 1.93. The van der Waals surface area contributed by atoms with Crippen molar-refractivity contribution in [1.82, 2.24) is 24.6 Å². The molecule has 2 aromatic rings. The van der Waals surface area contributed by atoms with Gasteiger partial charge < -0.3 is 13.9 Å². The zero-order chi connectivity index (χ0) is 13.5. The summed E-state index contributed by atoms with van der Waals surface area (Å²) in [6, 6.07) is 0. The standard InChI is InChI=1S/C14H19N5O/c1-18-9-15-6-12(18)14-17-16-13(20-14)11-4-5-19(8-11)7-10-2-3-10/h6,9-11H,2-5,7-8H2,1H3/t11-/m0/s1. The van der Waals surface area contributed by atoms with Crippen molar-refractivity contribution in [3.05, 3.63) is 18.4 Å². The zero-order valence-electron chi connectivity index (χ0n) is 11.7. The molecule has 106 valence electrons. The lowest BCUT2D eigenvalue weighted by atomic mass is 10.1. The van der Waals surface area contributed by atoms with Gasteiger partial charge in [0.1, 0.15) is 5.69 Å². The first-order chi connectivity index (χ1) is 9.79. The van der Waals surface area contributed by atoms with Gasteiger partial charge in [-0.2, -0.15) is 0 Å². The lowest BCUT2D eigenvalue weighted by Crippen LogP contribution is -2.22. The Morgan fingerprint density at radius 3 is 2.95 bits per heavy atom. The normalized spacial score (nSPS) is 23.6. The zero-order valence-corrected chi connectivity index (χ0v) is 11.7. The van der Waals surface area contributed by atoms with Gasteiger partial charge in [0.15, 0.2) is 0 Å². The van der Waals surface area contributed by atoms with Crippen LogP contribution in [0.25, 0.3) is 11.6 Å². The van der Waals surface area contributed by atoms with Gasteiger partial charge in [-0.3, -0.25) is 0 Å². The highest BCUT2D eigenvalue weighted by molar-refractivity contribution is 5.44. The second kappa shape index (κ2) is 4.70. The van der Waals surface area contributed by atoms with Gasteiger partial charge >= 0.3 is 0 Å². The first-order valence-electron chi connectivity index (χ1n) is 7.32. The van der Waals surface area contributed by atoms with Crippen LogP contribution >= 0.6 is 0 Å². The van der Waals surface area contributed by atoms with Crippen molar-refractivity contribution in [3.8, 4) is 11.6 Å². The number of imidazole rings is 1. The van der Waals surface area contributed by atoms with Gasteiger partial charge in [-0.15, -0.1) is 10.2 Å². The highest BCUT2D eigenvalue weighted by Gasteiger charge is 2.32. The Labute approximate surface area is 117 Å². The predicted molar refractivity (Wildman–Crippen MR) is 73.0 cm³/mol. The van der Waals surface area contributed by atoms with Gasteiger partial charge in [-0.25, -0.2) is 4.98 Å². The Morgan fingerprint density at radius 2 is 2.20 bits per heavy atom. The van der Waals surface area contributed by atoms with E-state index in [0.717, 1.165) is 37.0 Å². The van der Waals surface area contributed by atoms with Crippen molar-refractivity contribution in [3.63, 3.8) is 0 Å². The van der Waals surface area contributed by atoms with Crippen LogP contribution in [0.3, 0.4) is 0 Å². The molecule has 1 aliphatic heterocycles. The van der Waals surface area contributed by atoms with Gasteiger partial charge in [0.25, 0.3) is 5.89 Å². The van der Waals surface area contributed by atoms with E-state index in [1.54, 1.807) is 12.5 Å². The molecule has 0 spiro atoms. The molecule has 4 rings (SSSR count). The van der Waals surface area contributed by atoms with Gasteiger partial charge in [-0.05, 0) is 31.7 Å². The number of aryl methyl sites for hydroxylation is 1. The van der Waals surface area contributed by atoms with E-state index in [0.29, 0.717) is 11.8 Å². The number of nitrogens with zero attached hydrogens (tertiary/aromatic N) is 5. The van der Waals surface area contributed by atoms with Gasteiger partial charge in [0.05, 0.1) is 18.4 Å². The number of hydrogen-bond acceptors (Lipinski definition) is 5. The summed E-state index contributed by atoms with van der Waals surface area (Å²) in [6.45, 7) is 3.47. The highest BCUT2D eigenvalue weighted by Crippen LogP contribution is 2.34. The van der Waals surface area contributed by atoms with Crippen LogP contribution in [-0.4, -0.2) is 44.3 Å². The van der Waals surface area contributed by atoms with E-state index in [2.05, 4.69) is 20.1 Å². The van der Waals surface area contributed by atoms with Crippen molar-refractivity contribution in [2.75, 3.05) is 19.6 Å². The van der Waals surface area contributed by atoms with E-state index in [1.807, 2.05) is 11.6 Å². The number of likely N-dealkylation sites (tertiary alicyclic amines) is 1. The third-order valence-electron chi connectivity index (χ3n) is 4.31. The van der Waals surface area contributed by atoms with Crippen LogP contribution in [0.15, 0.2) is 16.9 Å². The van der Waals surface area contributed by atoms with Crippen molar-refractivity contribution in [2.24, 2.45) is 13.0 Å². The second-order valence-corrected chi connectivity index (χ2v) is 6.02. The second-order valence-electron chi connectivity index (χ2n) is 6.02. The van der Waals surface area contributed by atoms with E-state index in [4.69, 9.17) is 4.42 Å². The summed E-state index contributed by atoms with van der Waals surface area (Å²) in [5, 5.41) is 8.41. The fourth-order valence-corrected chi connectivity index (χ4v) is 2.93. The molecule has 0 radical (unpaired) electrons. The summed E-state index contributed by atoms with van der Waals surface area (Å²) in [4.78, 5) is 6.62. The Hall–Kier alpha value is -1.69. The Kier molecular flexibility index (Phi) is 2.84. The van der Waals surface area contributed by atoms with Crippen LogP contribution in [0.2, 0.25) is 0 Å². The SMILES string of the molecule is Cn1cncc1-c1nnc([C@H]2CCN(CC3CC3)C2)o1. The van der Waals surface area contributed by atoms with E-state index >= 15 is 0 Å². The minimum absolute atomic E-state index is 0.392. The van der Waals surface area contributed by atoms with E-state index < -0.39 is 0 Å². The molecule has 2 fully saturated rings. The largest absolute Gasteiger partial charge is 0.419 e. The maximum atomic E-state index is 5.85. The molecular weight excluding hydrogens is 254 g/mol. The molecule has 1 atom stereocenters. The summed E-state index contributed by atoms with van der Waals surface area (Å²) < 4.78 is 7.75. The van der Waals surface area contributed by atoms with Crippen LogP contribution in [0, 0.1) is 5.92 Å². The first kappa shape index (κ1) is 12.1. The maximum Gasteiger partial charge on any atom is 0.265 e. The molecule has 1 saturated carbocycles. The maximum absolute atomic E-state index is 5.85. The van der Waals surface area contributed by atoms with Gasteiger partial charge in [-0.1, -0.05) is 0 Å². The van der Waals surface area contributed by atoms with E-state index in [9.17, 15) is 0 Å². The number of aromatic nitrogens is 4. The quantitative estimate of drug-likeness (QED) is 0.848. The minimum Gasteiger partial charge on any atom is -0.419 e. The highest BCUT2D eigenvalue weighted by atomic mass is 16.4. The lowest BCUT2D eigenvalue weighted by Gasteiger charge is -2.13. The van der Waals surface area contributed by atoms with E-state index in [1.165, 1.54) is 19.4 Å². The molecular formula is C14H19N5O.